The molecule has 150 valence electrons. The van der Waals surface area contributed by atoms with Crippen LogP contribution in [0.2, 0.25) is 5.02 Å². The van der Waals surface area contributed by atoms with Crippen molar-refractivity contribution in [1.82, 2.24) is 5.32 Å². The van der Waals surface area contributed by atoms with E-state index in [1.165, 1.54) is 6.08 Å². The lowest BCUT2D eigenvalue weighted by Crippen LogP contribution is -2.25. The van der Waals surface area contributed by atoms with Gasteiger partial charge in [-0.25, -0.2) is 4.79 Å². The van der Waals surface area contributed by atoms with Crippen molar-refractivity contribution < 1.29 is 19.1 Å². The molecule has 0 saturated heterocycles. The van der Waals surface area contributed by atoms with Crippen LogP contribution in [-0.2, 0) is 9.59 Å². The molecule has 0 radical (unpaired) electrons. The standard InChI is InChI=1S/C22H21ClN2O4/c1-2-3-12-25-22(27)17(14-24)13-16-4-8-20(9-5-16)29-21(26)15-28-19-10-6-18(23)7-11-19/h4-11,13H,2-3,12,15H2,1H3,(H,25,27)/b17-13+. The summed E-state index contributed by atoms with van der Waals surface area (Å²) >= 11 is 5.79. The Labute approximate surface area is 174 Å². The molecule has 0 spiro atoms. The number of benzene rings is 2. The highest BCUT2D eigenvalue weighted by molar-refractivity contribution is 6.30. The molecule has 6 nitrogen and oxygen atoms in total. The maximum atomic E-state index is 12.0. The number of nitrogens with zero attached hydrogens (tertiary/aromatic N) is 1. The smallest absolute Gasteiger partial charge is 0.349 e. The van der Waals surface area contributed by atoms with Crippen molar-refractivity contribution in [3.8, 4) is 17.6 Å². The molecule has 0 bridgehead atoms. The molecule has 0 unspecified atom stereocenters. The van der Waals surface area contributed by atoms with E-state index in [1.807, 2.05) is 13.0 Å². The number of nitrogens with one attached hydrogen (secondary N) is 1. The van der Waals surface area contributed by atoms with Gasteiger partial charge in [-0.3, -0.25) is 4.79 Å². The molecule has 0 atom stereocenters. The van der Waals surface area contributed by atoms with Crippen molar-refractivity contribution in [3.63, 3.8) is 0 Å². The Morgan fingerprint density at radius 2 is 1.76 bits per heavy atom. The van der Waals surface area contributed by atoms with E-state index in [0.717, 1.165) is 12.8 Å². The summed E-state index contributed by atoms with van der Waals surface area (Å²) in [6.07, 6.45) is 3.29. The molecule has 7 heteroatoms. The zero-order valence-corrected chi connectivity index (χ0v) is 16.7. The molecule has 0 aliphatic heterocycles. The predicted octanol–water partition coefficient (Wildman–Crippen LogP) is 4.15. The molecule has 2 aromatic carbocycles. The number of esters is 1. The van der Waals surface area contributed by atoms with Gasteiger partial charge in [0.15, 0.2) is 6.61 Å². The maximum Gasteiger partial charge on any atom is 0.349 e. The third-order valence-corrected chi connectivity index (χ3v) is 4.03. The molecule has 0 saturated carbocycles. The van der Waals surface area contributed by atoms with Gasteiger partial charge in [0.05, 0.1) is 0 Å². The third kappa shape index (κ3) is 7.68. The highest BCUT2D eigenvalue weighted by atomic mass is 35.5. The summed E-state index contributed by atoms with van der Waals surface area (Å²) in [6, 6.07) is 15.0. The molecule has 0 fully saturated rings. The van der Waals surface area contributed by atoms with E-state index in [4.69, 9.17) is 21.1 Å². The largest absolute Gasteiger partial charge is 0.482 e. The molecule has 0 aliphatic rings. The number of carbonyl (C=O) groups is 2. The van der Waals surface area contributed by atoms with Crippen LogP contribution in [0.4, 0.5) is 0 Å². The highest BCUT2D eigenvalue weighted by Gasteiger charge is 2.09. The first-order valence-corrected chi connectivity index (χ1v) is 9.48. The van der Waals surface area contributed by atoms with Gasteiger partial charge >= 0.3 is 5.97 Å². The number of halogens is 1. The number of hydrogen-bond donors (Lipinski definition) is 1. The van der Waals surface area contributed by atoms with Gasteiger partial charge in [0.2, 0.25) is 0 Å². The van der Waals surface area contributed by atoms with Gasteiger partial charge in [0.25, 0.3) is 5.91 Å². The Balaban J connectivity index is 1.89. The maximum absolute atomic E-state index is 12.0. The van der Waals surface area contributed by atoms with Gasteiger partial charge in [-0.15, -0.1) is 0 Å². The number of amides is 1. The van der Waals surface area contributed by atoms with Crippen LogP contribution in [0.25, 0.3) is 6.08 Å². The average Bonchev–Trinajstić information content (AvgIpc) is 2.73. The van der Waals surface area contributed by atoms with Crippen LogP contribution in [0.15, 0.2) is 54.1 Å². The second kappa shape index (κ2) is 11.5. The first-order chi connectivity index (χ1) is 14.0. The Kier molecular flexibility index (Phi) is 8.74. The second-order valence-corrected chi connectivity index (χ2v) is 6.50. The monoisotopic (exact) mass is 412 g/mol. The van der Waals surface area contributed by atoms with Crippen molar-refractivity contribution >= 4 is 29.6 Å². The molecule has 2 rings (SSSR count). The van der Waals surface area contributed by atoms with Gasteiger partial charge in [-0.1, -0.05) is 37.1 Å². The van der Waals surface area contributed by atoms with E-state index in [0.29, 0.717) is 28.6 Å². The molecule has 1 amide bonds. The van der Waals surface area contributed by atoms with Gasteiger partial charge < -0.3 is 14.8 Å². The number of unbranched alkanes of at least 4 members (excludes halogenated alkanes) is 1. The zero-order chi connectivity index (χ0) is 21.1. The lowest BCUT2D eigenvalue weighted by Gasteiger charge is -2.07. The van der Waals surface area contributed by atoms with E-state index < -0.39 is 11.9 Å². The first kappa shape index (κ1) is 22.0. The van der Waals surface area contributed by atoms with Crippen molar-refractivity contribution in [1.29, 1.82) is 5.26 Å². The summed E-state index contributed by atoms with van der Waals surface area (Å²) in [4.78, 5) is 23.9. The number of carbonyl (C=O) groups excluding carboxylic acids is 2. The molecule has 29 heavy (non-hydrogen) atoms. The lowest BCUT2D eigenvalue weighted by atomic mass is 10.1. The molecule has 0 aliphatic carbocycles. The van der Waals surface area contributed by atoms with Crippen molar-refractivity contribution in [2.75, 3.05) is 13.2 Å². The molecule has 2 aromatic rings. The van der Waals surface area contributed by atoms with Crippen LogP contribution >= 0.6 is 11.6 Å². The highest BCUT2D eigenvalue weighted by Crippen LogP contribution is 2.17. The Hall–Kier alpha value is -3.30. The summed E-state index contributed by atoms with van der Waals surface area (Å²) in [7, 11) is 0. The fourth-order valence-corrected chi connectivity index (χ4v) is 2.38. The minimum atomic E-state index is -0.559. The molecular weight excluding hydrogens is 392 g/mol. The van der Waals surface area contributed by atoms with Crippen LogP contribution in [0, 0.1) is 11.3 Å². The quantitative estimate of drug-likeness (QED) is 0.220. The normalized spacial score (nSPS) is 10.7. The summed E-state index contributed by atoms with van der Waals surface area (Å²) < 4.78 is 10.5. The summed E-state index contributed by atoms with van der Waals surface area (Å²) in [5, 5.41) is 12.5. The van der Waals surface area contributed by atoms with Crippen molar-refractivity contribution in [2.24, 2.45) is 0 Å². The topological polar surface area (TPSA) is 88.4 Å². The van der Waals surface area contributed by atoms with Crippen LogP contribution in [-0.4, -0.2) is 25.0 Å². The number of ether oxygens (including phenoxy) is 2. The third-order valence-electron chi connectivity index (χ3n) is 3.77. The van der Waals surface area contributed by atoms with Gasteiger partial charge in [-0.2, -0.15) is 5.26 Å². The van der Waals surface area contributed by atoms with Crippen molar-refractivity contribution in [2.45, 2.75) is 19.8 Å². The Morgan fingerprint density at radius 1 is 1.10 bits per heavy atom. The SMILES string of the molecule is CCCCNC(=O)/C(C#N)=C/c1ccc(OC(=O)COc2ccc(Cl)cc2)cc1. The number of rotatable bonds is 9. The molecular formula is C22H21ClN2O4. The lowest BCUT2D eigenvalue weighted by molar-refractivity contribution is -0.136. The van der Waals surface area contributed by atoms with E-state index in [1.54, 1.807) is 48.5 Å². The summed E-state index contributed by atoms with van der Waals surface area (Å²) in [6.45, 7) is 2.30. The number of nitriles is 1. The van der Waals surface area contributed by atoms with Crippen molar-refractivity contribution in [3.05, 3.63) is 64.7 Å². The van der Waals surface area contributed by atoms with Crippen LogP contribution in [0.5, 0.6) is 11.5 Å². The van der Waals surface area contributed by atoms with Crippen LogP contribution in [0.1, 0.15) is 25.3 Å². The van der Waals surface area contributed by atoms with E-state index >= 15 is 0 Å². The minimum absolute atomic E-state index is 0.0159. The average molecular weight is 413 g/mol. The Morgan fingerprint density at radius 3 is 2.38 bits per heavy atom. The fraction of sp³-hybridized carbons (Fsp3) is 0.227. The first-order valence-electron chi connectivity index (χ1n) is 9.11. The van der Waals surface area contributed by atoms with Gasteiger partial charge in [0, 0.05) is 11.6 Å². The number of hydrogen-bond acceptors (Lipinski definition) is 5. The second-order valence-electron chi connectivity index (χ2n) is 6.06. The Bertz CT molecular complexity index is 900. The van der Waals surface area contributed by atoms with Gasteiger partial charge in [0.1, 0.15) is 23.1 Å². The van der Waals surface area contributed by atoms with Gasteiger partial charge in [-0.05, 0) is 54.5 Å². The van der Waals surface area contributed by atoms with E-state index in [2.05, 4.69) is 5.32 Å². The summed E-state index contributed by atoms with van der Waals surface area (Å²) in [5.41, 5.74) is 0.659. The van der Waals surface area contributed by atoms with E-state index in [9.17, 15) is 14.9 Å². The predicted molar refractivity (Wildman–Crippen MR) is 111 cm³/mol. The minimum Gasteiger partial charge on any atom is -0.482 e. The summed E-state index contributed by atoms with van der Waals surface area (Å²) in [5.74, 6) is -0.127. The van der Waals surface area contributed by atoms with E-state index in [-0.39, 0.29) is 12.2 Å². The zero-order valence-electron chi connectivity index (χ0n) is 16.0. The molecule has 0 heterocycles. The molecule has 1 N–H and O–H groups in total. The molecule has 0 aromatic heterocycles. The van der Waals surface area contributed by atoms with Crippen LogP contribution in [0.3, 0.4) is 0 Å². The van der Waals surface area contributed by atoms with Crippen LogP contribution < -0.4 is 14.8 Å². The fourth-order valence-electron chi connectivity index (χ4n) is 2.26.